The van der Waals surface area contributed by atoms with Crippen LogP contribution >= 0.6 is 54.2 Å². The minimum absolute atomic E-state index is 0.00423. The van der Waals surface area contributed by atoms with Gasteiger partial charge in [0.1, 0.15) is 17.5 Å². The van der Waals surface area contributed by atoms with E-state index in [-0.39, 0.29) is 39.5 Å². The van der Waals surface area contributed by atoms with Crippen molar-refractivity contribution in [3.8, 4) is 23.0 Å². The van der Waals surface area contributed by atoms with Crippen LogP contribution in [0.3, 0.4) is 0 Å². The highest BCUT2D eigenvalue weighted by Gasteiger charge is 2.41. The zero-order chi connectivity index (χ0) is 29.1. The summed E-state index contributed by atoms with van der Waals surface area (Å²) >= 11 is 20.1. The first-order valence-electron chi connectivity index (χ1n) is 12.1. The first kappa shape index (κ1) is 32.0. The van der Waals surface area contributed by atoms with Crippen molar-refractivity contribution in [1.29, 1.82) is 0 Å². The van der Waals surface area contributed by atoms with Crippen molar-refractivity contribution in [3.63, 3.8) is 0 Å². The maximum atomic E-state index is 14.5. The fourth-order valence-electron chi connectivity index (χ4n) is 3.50. The molecule has 3 aromatic rings. The number of para-hydroxylation sites is 1. The second-order valence-electron chi connectivity index (χ2n) is 8.35. The lowest BCUT2D eigenvalue weighted by atomic mass is 10.2. The minimum Gasteiger partial charge on any atom is -0.452 e. The first-order valence-corrected chi connectivity index (χ1v) is 16.3. The fraction of sp³-hybridized carbons (Fsp3) is 0.259. The molecule has 0 bridgehead atoms. The van der Waals surface area contributed by atoms with Gasteiger partial charge >= 0.3 is 7.60 Å². The molecule has 0 saturated heterocycles. The van der Waals surface area contributed by atoms with E-state index in [0.29, 0.717) is 23.6 Å². The lowest BCUT2D eigenvalue weighted by Crippen LogP contribution is -2.48. The van der Waals surface area contributed by atoms with E-state index < -0.39 is 25.3 Å². The number of ether oxygens (including phenoxy) is 1. The molecule has 3 aromatic carbocycles. The second-order valence-corrected chi connectivity index (χ2v) is 12.7. The van der Waals surface area contributed by atoms with Gasteiger partial charge in [0.15, 0.2) is 17.3 Å². The van der Waals surface area contributed by atoms with E-state index in [2.05, 4.69) is 10.6 Å². The summed E-state index contributed by atoms with van der Waals surface area (Å²) < 4.78 is 32.5. The standard InChI is InChI=1S/C27H28Cl3N2O6PS/c1-3-26(32-27(34)22(31-17-33)13-14-40-2)39(35,37-20-7-5-4-6-8-20)38-25-16-19(29)10-12-24(25)36-23-11-9-18(28)15-21(23)30/h4-12,15-17,22,26H,3,13-14H2,1-2H3,(H,31,33)(H,32,34)/t22-,26?,39?/m0/s1. The molecule has 3 rings (SSSR count). The van der Waals surface area contributed by atoms with Gasteiger partial charge in [-0.05, 0) is 67.3 Å². The van der Waals surface area contributed by atoms with Crippen molar-refractivity contribution in [3.05, 3.63) is 81.8 Å². The van der Waals surface area contributed by atoms with Crippen molar-refractivity contribution in [1.82, 2.24) is 10.6 Å². The minimum atomic E-state index is -4.23. The normalized spacial score (nSPS) is 13.8. The summed E-state index contributed by atoms with van der Waals surface area (Å²) in [7, 11) is -4.23. The molecule has 0 aliphatic heterocycles. The summed E-state index contributed by atoms with van der Waals surface area (Å²) in [5.74, 6) is -0.327. The largest absolute Gasteiger partial charge is 0.453 e. The molecule has 214 valence electrons. The number of rotatable bonds is 15. The molecule has 3 atom stereocenters. The van der Waals surface area contributed by atoms with Gasteiger partial charge in [-0.1, -0.05) is 59.9 Å². The number of carbonyl (C=O) groups excluding carboxylic acids is 2. The topological polar surface area (TPSA) is 103 Å². The molecule has 0 aliphatic carbocycles. The van der Waals surface area contributed by atoms with Crippen LogP contribution < -0.4 is 24.4 Å². The van der Waals surface area contributed by atoms with E-state index in [4.69, 9.17) is 48.6 Å². The van der Waals surface area contributed by atoms with E-state index in [9.17, 15) is 14.2 Å². The number of hydrogen-bond donors (Lipinski definition) is 2. The van der Waals surface area contributed by atoms with Crippen molar-refractivity contribution in [2.45, 2.75) is 31.6 Å². The van der Waals surface area contributed by atoms with E-state index in [1.165, 1.54) is 30.0 Å². The van der Waals surface area contributed by atoms with Gasteiger partial charge in [0, 0.05) is 16.1 Å². The van der Waals surface area contributed by atoms with Gasteiger partial charge in [-0.25, -0.2) is 4.57 Å². The maximum absolute atomic E-state index is 14.5. The number of amides is 2. The average Bonchev–Trinajstić information content (AvgIpc) is 2.92. The third-order valence-electron chi connectivity index (χ3n) is 5.49. The molecule has 2 amide bonds. The Labute approximate surface area is 252 Å². The van der Waals surface area contributed by atoms with Crippen LogP contribution in [0, 0.1) is 0 Å². The van der Waals surface area contributed by atoms with E-state index >= 15 is 0 Å². The molecule has 40 heavy (non-hydrogen) atoms. The third kappa shape index (κ3) is 8.98. The van der Waals surface area contributed by atoms with Crippen molar-refractivity contribution >= 4 is 66.5 Å². The molecule has 13 heteroatoms. The molecule has 0 heterocycles. The summed E-state index contributed by atoms with van der Waals surface area (Å²) in [4.78, 5) is 24.3. The van der Waals surface area contributed by atoms with Crippen LogP contribution in [0.2, 0.25) is 15.1 Å². The number of benzene rings is 3. The van der Waals surface area contributed by atoms with Gasteiger partial charge in [-0.3, -0.25) is 9.59 Å². The lowest BCUT2D eigenvalue weighted by molar-refractivity contribution is -0.125. The molecule has 8 nitrogen and oxygen atoms in total. The van der Waals surface area contributed by atoms with Gasteiger partial charge in [-0.2, -0.15) is 11.8 Å². The van der Waals surface area contributed by atoms with Gasteiger partial charge in [-0.15, -0.1) is 0 Å². The van der Waals surface area contributed by atoms with E-state index in [1.54, 1.807) is 55.5 Å². The van der Waals surface area contributed by atoms with Crippen LogP contribution in [-0.4, -0.2) is 36.2 Å². The second kappa shape index (κ2) is 15.5. The highest BCUT2D eigenvalue weighted by Crippen LogP contribution is 2.55. The summed E-state index contributed by atoms with van der Waals surface area (Å²) in [6.45, 7) is 1.72. The van der Waals surface area contributed by atoms with Crippen LogP contribution in [0.5, 0.6) is 23.0 Å². The van der Waals surface area contributed by atoms with Crippen molar-refractivity contribution in [2.75, 3.05) is 12.0 Å². The SMILES string of the molecule is CCC(NC(=O)[C@H](CCSC)NC=O)P(=O)(Oc1ccccc1)Oc1cc(Cl)ccc1Oc1ccc(Cl)cc1Cl. The smallest absolute Gasteiger partial charge is 0.452 e. The Kier molecular flexibility index (Phi) is 12.3. The zero-order valence-electron chi connectivity index (χ0n) is 21.6. The predicted molar refractivity (Wildman–Crippen MR) is 162 cm³/mol. The summed E-state index contributed by atoms with van der Waals surface area (Å²) in [6, 6.07) is 16.8. The first-order chi connectivity index (χ1) is 19.2. The maximum Gasteiger partial charge on any atom is 0.453 e. The predicted octanol–water partition coefficient (Wildman–Crippen LogP) is 7.81. The molecule has 0 aromatic heterocycles. The van der Waals surface area contributed by atoms with E-state index in [1.807, 2.05) is 6.26 Å². The van der Waals surface area contributed by atoms with Gasteiger partial charge in [0.2, 0.25) is 12.3 Å². The Bertz CT molecular complexity index is 1350. The Balaban J connectivity index is 1.99. The number of hydrogen-bond acceptors (Lipinski definition) is 7. The molecule has 0 spiro atoms. The molecule has 0 fully saturated rings. The highest BCUT2D eigenvalue weighted by molar-refractivity contribution is 7.98. The van der Waals surface area contributed by atoms with E-state index in [0.717, 1.165) is 0 Å². The van der Waals surface area contributed by atoms with Crippen molar-refractivity contribution < 1.29 is 27.9 Å². The lowest BCUT2D eigenvalue weighted by Gasteiger charge is -2.29. The Morgan fingerprint density at radius 1 is 0.975 bits per heavy atom. The van der Waals surface area contributed by atoms with Gasteiger partial charge in [0.05, 0.1) is 5.02 Å². The average molecular weight is 646 g/mol. The third-order valence-corrected chi connectivity index (χ3v) is 9.08. The summed E-state index contributed by atoms with van der Waals surface area (Å²) in [5.41, 5.74) is 0. The van der Waals surface area contributed by atoms with Crippen molar-refractivity contribution in [2.24, 2.45) is 0 Å². The summed E-state index contributed by atoms with van der Waals surface area (Å²) in [5, 5.41) is 6.21. The molecule has 0 radical (unpaired) electrons. The van der Waals surface area contributed by atoms with Crippen LogP contribution in [-0.2, 0) is 14.2 Å². The molecule has 2 N–H and O–H groups in total. The number of halogens is 3. The number of nitrogens with one attached hydrogen (secondary N) is 2. The van der Waals surface area contributed by atoms with Crippen LogP contribution in [0.4, 0.5) is 0 Å². The monoisotopic (exact) mass is 644 g/mol. The Hall–Kier alpha value is -2.55. The molecule has 0 saturated carbocycles. The molecule has 2 unspecified atom stereocenters. The van der Waals surface area contributed by atoms with Gasteiger partial charge < -0.3 is 24.4 Å². The van der Waals surface area contributed by atoms with Crippen LogP contribution in [0.1, 0.15) is 19.8 Å². The molecule has 0 aliphatic rings. The Morgan fingerprint density at radius 2 is 1.65 bits per heavy atom. The molecular formula is C27H28Cl3N2O6PS. The molecular weight excluding hydrogens is 618 g/mol. The number of carbonyl (C=O) groups is 2. The fourth-order valence-corrected chi connectivity index (χ4v) is 6.44. The van der Waals surface area contributed by atoms with Crippen LogP contribution in [0.15, 0.2) is 66.7 Å². The zero-order valence-corrected chi connectivity index (χ0v) is 25.6. The quantitative estimate of drug-likeness (QED) is 0.128. The van der Waals surface area contributed by atoms with Crippen LogP contribution in [0.25, 0.3) is 0 Å². The number of thioether (sulfide) groups is 1. The highest BCUT2D eigenvalue weighted by atomic mass is 35.5. The Morgan fingerprint density at radius 3 is 2.27 bits per heavy atom. The summed E-state index contributed by atoms with van der Waals surface area (Å²) in [6.07, 6.45) is 2.90. The van der Waals surface area contributed by atoms with Gasteiger partial charge in [0.25, 0.3) is 0 Å².